The van der Waals surface area contributed by atoms with E-state index in [0.717, 1.165) is 24.3 Å². The lowest BCUT2D eigenvalue weighted by Crippen LogP contribution is -2.05. The van der Waals surface area contributed by atoms with Gasteiger partial charge in [-0.05, 0) is 31.0 Å². The number of hydrogen-bond donors (Lipinski definition) is 1. The van der Waals surface area contributed by atoms with Crippen molar-refractivity contribution in [1.82, 2.24) is 0 Å². The van der Waals surface area contributed by atoms with Gasteiger partial charge < -0.3 is 10.5 Å². The van der Waals surface area contributed by atoms with Crippen molar-refractivity contribution in [2.24, 2.45) is 5.73 Å². The summed E-state index contributed by atoms with van der Waals surface area (Å²) in [6.45, 7) is 5.07. The molecule has 0 aliphatic rings. The Labute approximate surface area is 118 Å². The molecule has 1 atom stereocenters. The van der Waals surface area contributed by atoms with Crippen molar-refractivity contribution in [3.05, 3.63) is 29.8 Å². The van der Waals surface area contributed by atoms with Crippen LogP contribution in [-0.4, -0.2) is 6.61 Å². The third-order valence-electron chi connectivity index (χ3n) is 3.40. The first-order valence-electron chi connectivity index (χ1n) is 7.72. The molecule has 0 bridgehead atoms. The molecule has 0 aliphatic carbocycles. The molecule has 0 fully saturated rings. The molecule has 2 heteroatoms. The molecule has 0 aliphatic heterocycles. The molecule has 108 valence electrons. The molecule has 0 saturated heterocycles. The minimum atomic E-state index is 0.0714. The zero-order valence-electron chi connectivity index (χ0n) is 12.5. The van der Waals surface area contributed by atoms with Crippen LogP contribution in [0.1, 0.15) is 70.4 Å². The normalized spacial score (nSPS) is 12.4. The van der Waals surface area contributed by atoms with Crippen LogP contribution in [0.2, 0.25) is 0 Å². The van der Waals surface area contributed by atoms with E-state index in [0.29, 0.717) is 0 Å². The lowest BCUT2D eigenvalue weighted by molar-refractivity contribution is 0.304. The molecule has 1 rings (SSSR count). The number of unbranched alkanes of at least 4 members (excludes halogenated alkanes) is 6. The molecule has 2 N–H and O–H groups in total. The van der Waals surface area contributed by atoms with E-state index in [4.69, 9.17) is 10.5 Å². The van der Waals surface area contributed by atoms with Crippen molar-refractivity contribution >= 4 is 0 Å². The SMILES string of the molecule is CCCCCCCCCOc1cccc([C@H](C)N)c1. The van der Waals surface area contributed by atoms with Gasteiger partial charge in [0, 0.05) is 6.04 Å². The summed E-state index contributed by atoms with van der Waals surface area (Å²) in [6.07, 6.45) is 9.20. The number of hydrogen-bond acceptors (Lipinski definition) is 2. The number of nitrogens with two attached hydrogens (primary N) is 1. The lowest BCUT2D eigenvalue weighted by Gasteiger charge is -2.10. The molecule has 0 heterocycles. The van der Waals surface area contributed by atoms with Crippen LogP contribution in [0.4, 0.5) is 0 Å². The van der Waals surface area contributed by atoms with Crippen LogP contribution >= 0.6 is 0 Å². The summed E-state index contributed by atoms with van der Waals surface area (Å²) in [7, 11) is 0. The van der Waals surface area contributed by atoms with Gasteiger partial charge in [-0.2, -0.15) is 0 Å². The van der Waals surface area contributed by atoms with E-state index in [1.807, 2.05) is 31.2 Å². The average Bonchev–Trinajstić information content (AvgIpc) is 2.42. The van der Waals surface area contributed by atoms with E-state index >= 15 is 0 Å². The fourth-order valence-electron chi connectivity index (χ4n) is 2.14. The van der Waals surface area contributed by atoms with Crippen LogP contribution in [0.15, 0.2) is 24.3 Å². The van der Waals surface area contributed by atoms with Gasteiger partial charge in [0.25, 0.3) is 0 Å². The van der Waals surface area contributed by atoms with Crippen LogP contribution in [0.25, 0.3) is 0 Å². The average molecular weight is 263 g/mol. The van der Waals surface area contributed by atoms with Crippen molar-refractivity contribution in [3.8, 4) is 5.75 Å². The van der Waals surface area contributed by atoms with Crippen molar-refractivity contribution in [2.45, 2.75) is 64.8 Å². The molecule has 0 radical (unpaired) electrons. The van der Waals surface area contributed by atoms with Gasteiger partial charge in [-0.1, -0.05) is 57.6 Å². The molecule has 2 nitrogen and oxygen atoms in total. The Bertz CT molecular complexity index is 336. The molecule has 0 saturated carbocycles. The van der Waals surface area contributed by atoms with E-state index < -0.39 is 0 Å². The molecular formula is C17H29NO. The van der Waals surface area contributed by atoms with E-state index in [2.05, 4.69) is 6.92 Å². The highest BCUT2D eigenvalue weighted by molar-refractivity contribution is 5.30. The van der Waals surface area contributed by atoms with Gasteiger partial charge in [0.1, 0.15) is 5.75 Å². The Morgan fingerprint density at radius 3 is 2.42 bits per heavy atom. The summed E-state index contributed by atoms with van der Waals surface area (Å²) in [5.41, 5.74) is 7.00. The van der Waals surface area contributed by atoms with Gasteiger partial charge >= 0.3 is 0 Å². The van der Waals surface area contributed by atoms with Crippen LogP contribution in [0.3, 0.4) is 0 Å². The zero-order chi connectivity index (χ0) is 13.9. The molecule has 1 aromatic rings. The Morgan fingerprint density at radius 2 is 1.74 bits per heavy atom. The van der Waals surface area contributed by atoms with Crippen LogP contribution in [0.5, 0.6) is 5.75 Å². The quantitative estimate of drug-likeness (QED) is 0.613. The van der Waals surface area contributed by atoms with Crippen molar-refractivity contribution in [2.75, 3.05) is 6.61 Å². The maximum Gasteiger partial charge on any atom is 0.119 e. The molecule has 0 aromatic heterocycles. The fraction of sp³-hybridized carbons (Fsp3) is 0.647. The molecule has 0 unspecified atom stereocenters. The summed E-state index contributed by atoms with van der Waals surface area (Å²) < 4.78 is 5.77. The van der Waals surface area contributed by atoms with E-state index in [9.17, 15) is 0 Å². The Kier molecular flexibility index (Phi) is 8.31. The highest BCUT2D eigenvalue weighted by Gasteiger charge is 2.01. The molecule has 0 spiro atoms. The Morgan fingerprint density at radius 1 is 1.05 bits per heavy atom. The molecule has 19 heavy (non-hydrogen) atoms. The van der Waals surface area contributed by atoms with Gasteiger partial charge in [-0.25, -0.2) is 0 Å². The third-order valence-corrected chi connectivity index (χ3v) is 3.40. The van der Waals surface area contributed by atoms with E-state index in [1.54, 1.807) is 0 Å². The topological polar surface area (TPSA) is 35.2 Å². The predicted octanol–water partition coefficient (Wildman–Crippen LogP) is 4.84. The zero-order valence-corrected chi connectivity index (χ0v) is 12.5. The number of ether oxygens (including phenoxy) is 1. The third kappa shape index (κ3) is 7.22. The summed E-state index contributed by atoms with van der Waals surface area (Å²) in [5, 5.41) is 0. The van der Waals surface area contributed by atoms with E-state index in [1.165, 1.54) is 38.5 Å². The smallest absolute Gasteiger partial charge is 0.119 e. The molecule has 1 aromatic carbocycles. The van der Waals surface area contributed by atoms with Gasteiger partial charge in [0.05, 0.1) is 6.61 Å². The maximum atomic E-state index is 5.86. The Hall–Kier alpha value is -1.02. The van der Waals surface area contributed by atoms with Gasteiger partial charge in [0.15, 0.2) is 0 Å². The Balaban J connectivity index is 2.10. The van der Waals surface area contributed by atoms with Gasteiger partial charge in [-0.3, -0.25) is 0 Å². The lowest BCUT2D eigenvalue weighted by atomic mass is 10.1. The van der Waals surface area contributed by atoms with E-state index in [-0.39, 0.29) is 6.04 Å². The first-order chi connectivity index (χ1) is 9.24. The minimum absolute atomic E-state index is 0.0714. The predicted molar refractivity (Wildman–Crippen MR) is 82.5 cm³/mol. The second-order valence-corrected chi connectivity index (χ2v) is 5.33. The van der Waals surface area contributed by atoms with Gasteiger partial charge in [-0.15, -0.1) is 0 Å². The highest BCUT2D eigenvalue weighted by Crippen LogP contribution is 2.18. The number of benzene rings is 1. The maximum absolute atomic E-state index is 5.86. The minimum Gasteiger partial charge on any atom is -0.494 e. The standard InChI is InChI=1S/C17H29NO/c1-3-4-5-6-7-8-9-13-19-17-12-10-11-16(14-17)15(2)18/h10-12,14-15H,3-9,13,18H2,1-2H3/t15-/m0/s1. The first-order valence-corrected chi connectivity index (χ1v) is 7.72. The second kappa shape index (κ2) is 9.85. The summed E-state index contributed by atoms with van der Waals surface area (Å²) >= 11 is 0. The van der Waals surface area contributed by atoms with Crippen molar-refractivity contribution < 1.29 is 4.74 Å². The second-order valence-electron chi connectivity index (χ2n) is 5.33. The largest absolute Gasteiger partial charge is 0.494 e. The van der Waals surface area contributed by atoms with Crippen LogP contribution in [0, 0.1) is 0 Å². The summed E-state index contributed by atoms with van der Waals surface area (Å²) in [5.74, 6) is 0.945. The van der Waals surface area contributed by atoms with Crippen LogP contribution in [-0.2, 0) is 0 Å². The van der Waals surface area contributed by atoms with Gasteiger partial charge in [0.2, 0.25) is 0 Å². The van der Waals surface area contributed by atoms with Crippen molar-refractivity contribution in [3.63, 3.8) is 0 Å². The fourth-order valence-corrected chi connectivity index (χ4v) is 2.14. The first kappa shape index (κ1) is 16.0. The summed E-state index contributed by atoms with van der Waals surface area (Å²) in [6, 6.07) is 8.19. The van der Waals surface area contributed by atoms with Crippen LogP contribution < -0.4 is 10.5 Å². The monoisotopic (exact) mass is 263 g/mol. The molecule has 0 amide bonds. The highest BCUT2D eigenvalue weighted by atomic mass is 16.5. The molecular weight excluding hydrogens is 234 g/mol. The summed E-state index contributed by atoms with van der Waals surface area (Å²) in [4.78, 5) is 0. The van der Waals surface area contributed by atoms with Crippen molar-refractivity contribution in [1.29, 1.82) is 0 Å². The number of rotatable bonds is 10.